The van der Waals surface area contributed by atoms with Crippen LogP contribution in [-0.4, -0.2) is 6.04 Å². The van der Waals surface area contributed by atoms with Crippen LogP contribution in [0.15, 0.2) is 15.9 Å². The third-order valence-electron chi connectivity index (χ3n) is 2.83. The van der Waals surface area contributed by atoms with Crippen LogP contribution in [0.2, 0.25) is 0 Å². The molecule has 0 aromatic carbocycles. The predicted octanol–water partition coefficient (Wildman–Crippen LogP) is 3.04. The van der Waals surface area contributed by atoms with Gasteiger partial charge in [-0.05, 0) is 52.1 Å². The van der Waals surface area contributed by atoms with E-state index in [4.69, 9.17) is 5.73 Å². The van der Waals surface area contributed by atoms with Crippen molar-refractivity contribution >= 4 is 27.3 Å². The van der Waals surface area contributed by atoms with E-state index >= 15 is 0 Å². The number of hydrogen-bond acceptors (Lipinski definition) is 2. The van der Waals surface area contributed by atoms with Crippen molar-refractivity contribution in [2.45, 2.75) is 25.8 Å². The van der Waals surface area contributed by atoms with Crippen LogP contribution in [0, 0.1) is 11.8 Å². The van der Waals surface area contributed by atoms with Crippen LogP contribution in [-0.2, 0) is 6.42 Å². The molecule has 1 nitrogen and oxygen atoms in total. The van der Waals surface area contributed by atoms with Gasteiger partial charge in [0.25, 0.3) is 0 Å². The summed E-state index contributed by atoms with van der Waals surface area (Å²) >= 11 is 5.33. The Morgan fingerprint density at radius 3 is 2.92 bits per heavy atom. The SMILES string of the molecule is CC1CC1C(N)Cc1sccc1Br. The quantitative estimate of drug-likeness (QED) is 0.888. The molecule has 0 amide bonds. The van der Waals surface area contributed by atoms with Crippen LogP contribution >= 0.6 is 27.3 Å². The highest BCUT2D eigenvalue weighted by Gasteiger charge is 2.37. The van der Waals surface area contributed by atoms with Crippen molar-refractivity contribution in [2.24, 2.45) is 17.6 Å². The van der Waals surface area contributed by atoms with Gasteiger partial charge in [0.2, 0.25) is 0 Å². The number of hydrogen-bond donors (Lipinski definition) is 1. The summed E-state index contributed by atoms with van der Waals surface area (Å²) in [5, 5.41) is 2.11. The smallest absolute Gasteiger partial charge is 0.0314 e. The van der Waals surface area contributed by atoms with Crippen molar-refractivity contribution in [1.29, 1.82) is 0 Å². The Labute approximate surface area is 91.5 Å². The van der Waals surface area contributed by atoms with E-state index < -0.39 is 0 Å². The molecule has 0 saturated heterocycles. The van der Waals surface area contributed by atoms with Gasteiger partial charge in [-0.3, -0.25) is 0 Å². The molecule has 1 saturated carbocycles. The summed E-state index contributed by atoms with van der Waals surface area (Å²) in [6, 6.07) is 2.47. The molecule has 72 valence electrons. The van der Waals surface area contributed by atoms with Gasteiger partial charge < -0.3 is 5.73 Å². The molecule has 1 heterocycles. The molecule has 1 aliphatic rings. The van der Waals surface area contributed by atoms with Crippen molar-refractivity contribution in [3.63, 3.8) is 0 Å². The van der Waals surface area contributed by atoms with Crippen molar-refractivity contribution in [3.8, 4) is 0 Å². The third-order valence-corrected chi connectivity index (χ3v) is 4.78. The van der Waals surface area contributed by atoms with Gasteiger partial charge in [0, 0.05) is 15.4 Å². The number of thiophene rings is 1. The Morgan fingerprint density at radius 1 is 1.77 bits per heavy atom. The molecular weight excluding hydrogens is 246 g/mol. The first-order chi connectivity index (χ1) is 6.18. The van der Waals surface area contributed by atoms with E-state index in [0.717, 1.165) is 18.3 Å². The van der Waals surface area contributed by atoms with Gasteiger partial charge in [-0.15, -0.1) is 11.3 Å². The van der Waals surface area contributed by atoms with Gasteiger partial charge in [-0.2, -0.15) is 0 Å². The van der Waals surface area contributed by atoms with E-state index in [1.165, 1.54) is 15.8 Å². The lowest BCUT2D eigenvalue weighted by atomic mass is 10.1. The maximum atomic E-state index is 6.12. The lowest BCUT2D eigenvalue weighted by molar-refractivity contribution is 0.563. The van der Waals surface area contributed by atoms with Crippen molar-refractivity contribution < 1.29 is 0 Å². The molecule has 0 aliphatic heterocycles. The molecule has 13 heavy (non-hydrogen) atoms. The van der Waals surface area contributed by atoms with Crippen molar-refractivity contribution in [3.05, 3.63) is 20.8 Å². The summed E-state index contributed by atoms with van der Waals surface area (Å²) in [6.45, 7) is 2.29. The van der Waals surface area contributed by atoms with Crippen LogP contribution in [0.3, 0.4) is 0 Å². The molecule has 1 aromatic rings. The summed E-state index contributed by atoms with van der Waals surface area (Å²) in [6.07, 6.45) is 2.36. The topological polar surface area (TPSA) is 26.0 Å². The maximum Gasteiger partial charge on any atom is 0.0314 e. The van der Waals surface area contributed by atoms with Crippen molar-refractivity contribution in [2.75, 3.05) is 0 Å². The minimum Gasteiger partial charge on any atom is -0.327 e. The molecule has 3 heteroatoms. The molecule has 1 fully saturated rings. The maximum absolute atomic E-state index is 6.12. The zero-order valence-electron chi connectivity index (χ0n) is 7.66. The second-order valence-corrected chi connectivity index (χ2v) is 5.79. The van der Waals surface area contributed by atoms with E-state index in [1.807, 2.05) is 0 Å². The molecular formula is C10H14BrNS. The fourth-order valence-electron chi connectivity index (χ4n) is 1.78. The highest BCUT2D eigenvalue weighted by atomic mass is 79.9. The average Bonchev–Trinajstić information content (AvgIpc) is 2.68. The minimum absolute atomic E-state index is 0.366. The van der Waals surface area contributed by atoms with E-state index in [1.54, 1.807) is 11.3 Å². The number of halogens is 1. The number of rotatable bonds is 3. The Balaban J connectivity index is 1.94. The van der Waals surface area contributed by atoms with Gasteiger partial charge in [0.05, 0.1) is 0 Å². The predicted molar refractivity (Wildman–Crippen MR) is 61.0 cm³/mol. The van der Waals surface area contributed by atoms with E-state index in [9.17, 15) is 0 Å². The van der Waals surface area contributed by atoms with Crippen LogP contribution < -0.4 is 5.73 Å². The molecule has 0 radical (unpaired) electrons. The summed E-state index contributed by atoms with van der Waals surface area (Å²) in [5.41, 5.74) is 6.12. The molecule has 0 bridgehead atoms. The first-order valence-corrected chi connectivity index (χ1v) is 6.33. The summed E-state index contributed by atoms with van der Waals surface area (Å²) in [5.74, 6) is 1.63. The zero-order valence-corrected chi connectivity index (χ0v) is 10.1. The average molecular weight is 260 g/mol. The molecule has 1 aromatic heterocycles. The summed E-state index contributed by atoms with van der Waals surface area (Å²) in [4.78, 5) is 1.40. The largest absolute Gasteiger partial charge is 0.327 e. The summed E-state index contributed by atoms with van der Waals surface area (Å²) in [7, 11) is 0. The third kappa shape index (κ3) is 2.14. The van der Waals surface area contributed by atoms with Gasteiger partial charge >= 0.3 is 0 Å². The van der Waals surface area contributed by atoms with E-state index in [-0.39, 0.29) is 0 Å². The fraction of sp³-hybridized carbons (Fsp3) is 0.600. The normalized spacial score (nSPS) is 28.8. The minimum atomic E-state index is 0.366. The number of nitrogens with two attached hydrogens (primary N) is 1. The van der Waals surface area contributed by atoms with Crippen LogP contribution in [0.4, 0.5) is 0 Å². The van der Waals surface area contributed by atoms with Gasteiger partial charge in [0.1, 0.15) is 0 Å². The second-order valence-electron chi connectivity index (χ2n) is 3.94. The molecule has 2 N–H and O–H groups in total. The second kappa shape index (κ2) is 3.71. The standard InChI is InChI=1S/C10H14BrNS/c1-6-4-7(6)9(12)5-10-8(11)2-3-13-10/h2-3,6-7,9H,4-5,12H2,1H3. The van der Waals surface area contributed by atoms with Crippen molar-refractivity contribution in [1.82, 2.24) is 0 Å². The Morgan fingerprint density at radius 2 is 2.46 bits per heavy atom. The molecule has 3 atom stereocenters. The Kier molecular flexibility index (Phi) is 2.77. The summed E-state index contributed by atoms with van der Waals surface area (Å²) < 4.78 is 1.22. The highest BCUT2D eigenvalue weighted by Crippen LogP contribution is 2.41. The first-order valence-electron chi connectivity index (χ1n) is 4.66. The lowest BCUT2D eigenvalue weighted by Gasteiger charge is -2.09. The zero-order chi connectivity index (χ0) is 9.42. The molecule has 3 unspecified atom stereocenters. The van der Waals surface area contributed by atoms with Gasteiger partial charge in [-0.1, -0.05) is 6.92 Å². The Bertz CT molecular complexity index is 297. The monoisotopic (exact) mass is 259 g/mol. The van der Waals surface area contributed by atoms with E-state index in [2.05, 4.69) is 34.3 Å². The van der Waals surface area contributed by atoms with Crippen LogP contribution in [0.5, 0.6) is 0 Å². The van der Waals surface area contributed by atoms with E-state index in [0.29, 0.717) is 6.04 Å². The van der Waals surface area contributed by atoms with Crippen LogP contribution in [0.25, 0.3) is 0 Å². The molecule has 0 spiro atoms. The first kappa shape index (κ1) is 9.69. The molecule has 2 rings (SSSR count). The molecule has 1 aliphatic carbocycles. The van der Waals surface area contributed by atoms with Gasteiger partial charge in [0.15, 0.2) is 0 Å². The Hall–Kier alpha value is 0.140. The van der Waals surface area contributed by atoms with Crippen LogP contribution in [0.1, 0.15) is 18.2 Å². The highest BCUT2D eigenvalue weighted by molar-refractivity contribution is 9.10. The fourth-order valence-corrected chi connectivity index (χ4v) is 3.37. The van der Waals surface area contributed by atoms with Gasteiger partial charge in [-0.25, -0.2) is 0 Å². The lowest BCUT2D eigenvalue weighted by Crippen LogP contribution is -2.25.